The van der Waals surface area contributed by atoms with Gasteiger partial charge in [-0.15, -0.1) is 0 Å². The summed E-state index contributed by atoms with van der Waals surface area (Å²) in [6.45, 7) is 6.35. The van der Waals surface area contributed by atoms with Gasteiger partial charge in [-0.25, -0.2) is 13.8 Å². The van der Waals surface area contributed by atoms with Gasteiger partial charge in [-0.3, -0.25) is 0 Å². The maximum atomic E-state index is 13.6. The van der Waals surface area contributed by atoms with E-state index in [0.29, 0.717) is 13.1 Å². The van der Waals surface area contributed by atoms with Crippen LogP contribution < -0.4 is 10.6 Å². The summed E-state index contributed by atoms with van der Waals surface area (Å²) in [6.07, 6.45) is 3.47. The third-order valence-electron chi connectivity index (χ3n) is 3.42. The normalized spacial score (nSPS) is 15.6. The molecule has 6 heteroatoms. The standard InChI is InChI=1S/C14H22F2N4/c1-2-17-13-11(15)10-12(16)14(19-13)18-6-5-9-20-7-3-4-8-20/h10H,2-9H2,1H3,(H2,17,18,19). The van der Waals surface area contributed by atoms with Crippen LogP contribution in [0.25, 0.3) is 0 Å². The zero-order valence-electron chi connectivity index (χ0n) is 11.9. The number of nitrogens with one attached hydrogen (secondary N) is 2. The molecule has 112 valence electrons. The minimum absolute atomic E-state index is 0.0935. The molecule has 1 aromatic heterocycles. The highest BCUT2D eigenvalue weighted by molar-refractivity contribution is 5.47. The predicted molar refractivity (Wildman–Crippen MR) is 77.1 cm³/mol. The van der Waals surface area contributed by atoms with Crippen LogP contribution in [-0.2, 0) is 0 Å². The zero-order chi connectivity index (χ0) is 14.4. The average molecular weight is 284 g/mol. The number of halogens is 2. The molecule has 0 spiro atoms. The van der Waals surface area contributed by atoms with Crippen molar-refractivity contribution in [3.8, 4) is 0 Å². The number of nitrogens with zero attached hydrogens (tertiary/aromatic N) is 2. The molecule has 0 atom stereocenters. The summed E-state index contributed by atoms with van der Waals surface area (Å²) in [6, 6.07) is 0.869. The van der Waals surface area contributed by atoms with E-state index >= 15 is 0 Å². The van der Waals surface area contributed by atoms with E-state index < -0.39 is 11.6 Å². The van der Waals surface area contributed by atoms with E-state index in [4.69, 9.17) is 0 Å². The van der Waals surface area contributed by atoms with Crippen molar-refractivity contribution in [2.24, 2.45) is 0 Å². The van der Waals surface area contributed by atoms with E-state index in [1.165, 1.54) is 12.8 Å². The van der Waals surface area contributed by atoms with E-state index in [1.807, 2.05) is 6.92 Å². The Kier molecular flexibility index (Phi) is 5.52. The SMILES string of the molecule is CCNc1nc(NCCCN2CCCC2)c(F)cc1F. The van der Waals surface area contributed by atoms with Crippen molar-refractivity contribution >= 4 is 11.6 Å². The molecule has 1 fully saturated rings. The first-order chi connectivity index (χ1) is 9.70. The second-order valence-corrected chi connectivity index (χ2v) is 5.01. The fraction of sp³-hybridized carbons (Fsp3) is 0.643. The van der Waals surface area contributed by atoms with Crippen molar-refractivity contribution in [2.45, 2.75) is 26.2 Å². The van der Waals surface area contributed by atoms with Gasteiger partial charge < -0.3 is 15.5 Å². The predicted octanol–water partition coefficient (Wildman–Crippen LogP) is 2.69. The Morgan fingerprint density at radius 2 is 1.80 bits per heavy atom. The molecule has 2 heterocycles. The molecule has 0 amide bonds. The molecule has 20 heavy (non-hydrogen) atoms. The second kappa shape index (κ2) is 7.38. The molecule has 1 aromatic rings. The minimum atomic E-state index is -0.660. The summed E-state index contributed by atoms with van der Waals surface area (Å²) in [4.78, 5) is 6.35. The maximum absolute atomic E-state index is 13.6. The molecule has 4 nitrogen and oxygen atoms in total. The topological polar surface area (TPSA) is 40.2 Å². The molecule has 1 aliphatic heterocycles. The fourth-order valence-electron chi connectivity index (χ4n) is 2.40. The lowest BCUT2D eigenvalue weighted by Crippen LogP contribution is -2.22. The number of hydrogen-bond donors (Lipinski definition) is 2. The Balaban J connectivity index is 1.83. The van der Waals surface area contributed by atoms with Crippen molar-refractivity contribution in [2.75, 3.05) is 43.4 Å². The third kappa shape index (κ3) is 4.03. The van der Waals surface area contributed by atoms with Gasteiger partial charge in [-0.1, -0.05) is 0 Å². The van der Waals surface area contributed by atoms with Gasteiger partial charge in [0.25, 0.3) is 0 Å². The molecule has 1 aliphatic rings. The number of rotatable bonds is 7. The van der Waals surface area contributed by atoms with Gasteiger partial charge in [0, 0.05) is 19.2 Å². The van der Waals surface area contributed by atoms with E-state index in [9.17, 15) is 8.78 Å². The van der Waals surface area contributed by atoms with Gasteiger partial charge in [0.2, 0.25) is 0 Å². The minimum Gasteiger partial charge on any atom is -0.368 e. The van der Waals surface area contributed by atoms with Crippen molar-refractivity contribution in [3.63, 3.8) is 0 Å². The molecule has 0 unspecified atom stereocenters. The van der Waals surface area contributed by atoms with Crippen LogP contribution >= 0.6 is 0 Å². The highest BCUT2D eigenvalue weighted by Crippen LogP contribution is 2.18. The van der Waals surface area contributed by atoms with Gasteiger partial charge in [0.15, 0.2) is 23.3 Å². The van der Waals surface area contributed by atoms with Crippen LogP contribution in [0.5, 0.6) is 0 Å². The van der Waals surface area contributed by atoms with Crippen LogP contribution in [0.4, 0.5) is 20.4 Å². The zero-order valence-corrected chi connectivity index (χ0v) is 11.9. The lowest BCUT2D eigenvalue weighted by molar-refractivity contribution is 0.337. The van der Waals surface area contributed by atoms with Crippen LogP contribution in [0.3, 0.4) is 0 Å². The van der Waals surface area contributed by atoms with E-state index in [2.05, 4.69) is 20.5 Å². The summed E-state index contributed by atoms with van der Waals surface area (Å²) < 4.78 is 27.0. The molecular weight excluding hydrogens is 262 g/mol. The molecule has 2 N–H and O–H groups in total. The smallest absolute Gasteiger partial charge is 0.168 e. The number of pyridine rings is 1. The number of anilines is 2. The quantitative estimate of drug-likeness (QED) is 0.755. The molecule has 0 aliphatic carbocycles. The Morgan fingerprint density at radius 3 is 2.45 bits per heavy atom. The Labute approximate surface area is 118 Å². The first kappa shape index (κ1) is 15.0. The van der Waals surface area contributed by atoms with Crippen molar-refractivity contribution in [1.82, 2.24) is 9.88 Å². The summed E-state index contributed by atoms with van der Waals surface area (Å²) in [5, 5.41) is 5.72. The third-order valence-corrected chi connectivity index (χ3v) is 3.42. The highest BCUT2D eigenvalue weighted by atomic mass is 19.1. The second-order valence-electron chi connectivity index (χ2n) is 5.01. The number of aromatic nitrogens is 1. The Morgan fingerprint density at radius 1 is 1.15 bits per heavy atom. The molecular formula is C14H22F2N4. The number of likely N-dealkylation sites (tertiary alicyclic amines) is 1. The van der Waals surface area contributed by atoms with Gasteiger partial charge in [0.05, 0.1) is 0 Å². The van der Waals surface area contributed by atoms with Crippen LogP contribution in [0.2, 0.25) is 0 Å². The molecule has 0 saturated carbocycles. The van der Waals surface area contributed by atoms with Crippen LogP contribution in [-0.4, -0.2) is 42.6 Å². The van der Waals surface area contributed by atoms with Gasteiger partial charge in [0.1, 0.15) is 0 Å². The monoisotopic (exact) mass is 284 g/mol. The van der Waals surface area contributed by atoms with Gasteiger partial charge in [-0.05, 0) is 45.8 Å². The largest absolute Gasteiger partial charge is 0.368 e. The molecule has 1 saturated heterocycles. The Bertz CT molecular complexity index is 433. The van der Waals surface area contributed by atoms with Crippen LogP contribution in [0.15, 0.2) is 6.07 Å². The van der Waals surface area contributed by atoms with Crippen molar-refractivity contribution in [1.29, 1.82) is 0 Å². The van der Waals surface area contributed by atoms with Gasteiger partial charge >= 0.3 is 0 Å². The lowest BCUT2D eigenvalue weighted by Gasteiger charge is -2.15. The van der Waals surface area contributed by atoms with Gasteiger partial charge in [-0.2, -0.15) is 0 Å². The Hall–Kier alpha value is -1.43. The van der Waals surface area contributed by atoms with E-state index in [0.717, 1.165) is 32.1 Å². The van der Waals surface area contributed by atoms with E-state index in [1.54, 1.807) is 0 Å². The van der Waals surface area contributed by atoms with Crippen molar-refractivity contribution < 1.29 is 8.78 Å². The van der Waals surface area contributed by atoms with Crippen LogP contribution in [0.1, 0.15) is 26.2 Å². The first-order valence-electron chi connectivity index (χ1n) is 7.27. The highest BCUT2D eigenvalue weighted by Gasteiger charge is 2.12. The molecule has 2 rings (SSSR count). The first-order valence-corrected chi connectivity index (χ1v) is 7.27. The fourth-order valence-corrected chi connectivity index (χ4v) is 2.40. The summed E-state index contributed by atoms with van der Waals surface area (Å²) >= 11 is 0. The van der Waals surface area contributed by atoms with Crippen LogP contribution in [0, 0.1) is 11.6 Å². The molecule has 0 bridgehead atoms. The summed E-state index contributed by atoms with van der Waals surface area (Å²) in [7, 11) is 0. The molecule has 0 radical (unpaired) electrons. The van der Waals surface area contributed by atoms with Crippen molar-refractivity contribution in [3.05, 3.63) is 17.7 Å². The maximum Gasteiger partial charge on any atom is 0.168 e. The summed E-state index contributed by atoms with van der Waals surface area (Å²) in [5.41, 5.74) is 0. The average Bonchev–Trinajstić information content (AvgIpc) is 2.92. The lowest BCUT2D eigenvalue weighted by atomic mass is 10.3. The molecule has 0 aromatic carbocycles. The number of hydrogen-bond acceptors (Lipinski definition) is 4. The summed E-state index contributed by atoms with van der Waals surface area (Å²) in [5.74, 6) is -1.10. The van der Waals surface area contributed by atoms with E-state index in [-0.39, 0.29) is 11.6 Å².